The standard InChI is InChI=1S/C14H23N5O5/c1-8(2)3-9-14(24)18-6-12(22)16-4-10(20)15-5-11(21)17-7-13(23)19-9/h8-9H,3-7H2,1-2H3,(H,15,20)(H,16,22)(H,17,21)(H,18,24)(H,19,23)/t9-/m0/s1. The van der Waals surface area contributed by atoms with Crippen molar-refractivity contribution in [3.63, 3.8) is 0 Å². The van der Waals surface area contributed by atoms with E-state index < -0.39 is 35.6 Å². The van der Waals surface area contributed by atoms with Crippen molar-refractivity contribution in [2.75, 3.05) is 26.2 Å². The average molecular weight is 341 g/mol. The summed E-state index contributed by atoms with van der Waals surface area (Å²) < 4.78 is 0. The van der Waals surface area contributed by atoms with Crippen molar-refractivity contribution in [3.8, 4) is 0 Å². The van der Waals surface area contributed by atoms with E-state index >= 15 is 0 Å². The third-order valence-electron chi connectivity index (χ3n) is 3.12. The molecule has 1 aliphatic heterocycles. The second-order valence-electron chi connectivity index (χ2n) is 5.80. The van der Waals surface area contributed by atoms with Gasteiger partial charge < -0.3 is 26.6 Å². The summed E-state index contributed by atoms with van der Waals surface area (Å²) in [6.07, 6.45) is 0.382. The van der Waals surface area contributed by atoms with Crippen LogP contribution < -0.4 is 26.6 Å². The summed E-state index contributed by atoms with van der Waals surface area (Å²) in [7, 11) is 0. The quantitative estimate of drug-likeness (QED) is 0.363. The minimum absolute atomic E-state index is 0.133. The van der Waals surface area contributed by atoms with Gasteiger partial charge in [0.25, 0.3) is 0 Å². The van der Waals surface area contributed by atoms with Crippen LogP contribution in [0.25, 0.3) is 0 Å². The zero-order chi connectivity index (χ0) is 18.1. The molecular formula is C14H23N5O5. The molecule has 10 nitrogen and oxygen atoms in total. The Labute approximate surface area is 139 Å². The Morgan fingerprint density at radius 3 is 1.62 bits per heavy atom. The van der Waals surface area contributed by atoms with Crippen molar-refractivity contribution in [2.45, 2.75) is 26.3 Å². The Bertz CT molecular complexity index is 520. The molecule has 1 atom stereocenters. The summed E-state index contributed by atoms with van der Waals surface area (Å²) in [5, 5.41) is 11.9. The molecule has 0 unspecified atom stereocenters. The van der Waals surface area contributed by atoms with Gasteiger partial charge in [-0.2, -0.15) is 0 Å². The highest BCUT2D eigenvalue weighted by atomic mass is 16.2. The molecule has 0 radical (unpaired) electrons. The van der Waals surface area contributed by atoms with Crippen LogP contribution in [-0.4, -0.2) is 61.8 Å². The molecule has 134 valence electrons. The molecule has 1 aliphatic rings. The van der Waals surface area contributed by atoms with E-state index in [0.29, 0.717) is 6.42 Å². The minimum Gasteiger partial charge on any atom is -0.346 e. The summed E-state index contributed by atoms with van der Waals surface area (Å²) in [6.45, 7) is 2.53. The molecule has 5 N–H and O–H groups in total. The Hall–Kier alpha value is -2.65. The topological polar surface area (TPSA) is 146 Å². The molecule has 5 amide bonds. The number of carbonyl (C=O) groups is 5. The van der Waals surface area contributed by atoms with Crippen LogP contribution in [0.3, 0.4) is 0 Å². The monoisotopic (exact) mass is 341 g/mol. The smallest absolute Gasteiger partial charge is 0.243 e. The van der Waals surface area contributed by atoms with Crippen molar-refractivity contribution in [2.24, 2.45) is 5.92 Å². The van der Waals surface area contributed by atoms with E-state index in [-0.39, 0.29) is 32.1 Å². The van der Waals surface area contributed by atoms with Crippen LogP contribution in [0.4, 0.5) is 0 Å². The van der Waals surface area contributed by atoms with E-state index in [1.54, 1.807) is 0 Å². The lowest BCUT2D eigenvalue weighted by Gasteiger charge is -2.20. The molecule has 0 aromatic rings. The molecule has 1 fully saturated rings. The number of hydrogen-bond donors (Lipinski definition) is 5. The van der Waals surface area contributed by atoms with Crippen LogP contribution >= 0.6 is 0 Å². The van der Waals surface area contributed by atoms with Crippen molar-refractivity contribution in [1.82, 2.24) is 26.6 Å². The van der Waals surface area contributed by atoms with E-state index in [1.165, 1.54) is 0 Å². The van der Waals surface area contributed by atoms with Crippen molar-refractivity contribution in [3.05, 3.63) is 0 Å². The van der Waals surface area contributed by atoms with E-state index in [1.807, 2.05) is 13.8 Å². The summed E-state index contributed by atoms with van der Waals surface area (Å²) >= 11 is 0. The van der Waals surface area contributed by atoms with Gasteiger partial charge in [-0.15, -0.1) is 0 Å². The second kappa shape index (κ2) is 9.48. The molecule has 0 saturated carbocycles. The fourth-order valence-electron chi connectivity index (χ4n) is 1.96. The second-order valence-corrected chi connectivity index (χ2v) is 5.80. The number of carbonyl (C=O) groups excluding carboxylic acids is 5. The van der Waals surface area contributed by atoms with Gasteiger partial charge in [0.1, 0.15) is 6.04 Å². The van der Waals surface area contributed by atoms with Gasteiger partial charge in [-0.25, -0.2) is 0 Å². The van der Waals surface area contributed by atoms with Crippen molar-refractivity contribution in [1.29, 1.82) is 0 Å². The molecule has 1 rings (SSSR count). The predicted molar refractivity (Wildman–Crippen MR) is 83.4 cm³/mol. The van der Waals surface area contributed by atoms with Gasteiger partial charge in [0.15, 0.2) is 0 Å². The molecule has 0 aliphatic carbocycles. The fraction of sp³-hybridized carbons (Fsp3) is 0.643. The zero-order valence-electron chi connectivity index (χ0n) is 13.7. The zero-order valence-corrected chi connectivity index (χ0v) is 13.7. The molecule has 0 aromatic heterocycles. The largest absolute Gasteiger partial charge is 0.346 e. The third-order valence-corrected chi connectivity index (χ3v) is 3.12. The average Bonchev–Trinajstić information content (AvgIpc) is 2.52. The highest BCUT2D eigenvalue weighted by Gasteiger charge is 2.23. The van der Waals surface area contributed by atoms with Crippen LogP contribution in [0.2, 0.25) is 0 Å². The van der Waals surface area contributed by atoms with Crippen LogP contribution in [0.5, 0.6) is 0 Å². The molecule has 1 saturated heterocycles. The lowest BCUT2D eigenvalue weighted by atomic mass is 10.0. The first-order chi connectivity index (χ1) is 11.3. The van der Waals surface area contributed by atoms with Crippen LogP contribution in [-0.2, 0) is 24.0 Å². The van der Waals surface area contributed by atoms with Crippen LogP contribution in [0, 0.1) is 5.92 Å². The number of rotatable bonds is 2. The first kappa shape index (κ1) is 19.4. The molecule has 0 spiro atoms. The predicted octanol–water partition coefficient (Wildman–Crippen LogP) is -3.00. The first-order valence-electron chi connectivity index (χ1n) is 7.65. The highest BCUT2D eigenvalue weighted by molar-refractivity contribution is 5.94. The van der Waals surface area contributed by atoms with E-state index in [4.69, 9.17) is 0 Å². The van der Waals surface area contributed by atoms with Crippen molar-refractivity contribution < 1.29 is 24.0 Å². The molecular weight excluding hydrogens is 318 g/mol. The number of amides is 5. The van der Waals surface area contributed by atoms with E-state index in [9.17, 15) is 24.0 Å². The van der Waals surface area contributed by atoms with Crippen LogP contribution in [0.15, 0.2) is 0 Å². The van der Waals surface area contributed by atoms with Crippen LogP contribution in [0.1, 0.15) is 20.3 Å². The minimum atomic E-state index is -0.813. The molecule has 10 heteroatoms. The van der Waals surface area contributed by atoms with Gasteiger partial charge in [-0.1, -0.05) is 13.8 Å². The van der Waals surface area contributed by atoms with E-state index in [0.717, 1.165) is 0 Å². The lowest BCUT2D eigenvalue weighted by Crippen LogP contribution is -2.51. The summed E-state index contributed by atoms with van der Waals surface area (Å²) in [4.78, 5) is 58.6. The van der Waals surface area contributed by atoms with Crippen molar-refractivity contribution >= 4 is 29.5 Å². The molecule has 24 heavy (non-hydrogen) atoms. The molecule has 1 heterocycles. The number of nitrogens with one attached hydrogen (secondary N) is 5. The first-order valence-corrected chi connectivity index (χ1v) is 7.65. The summed E-state index contributed by atoms with van der Waals surface area (Å²) in [6, 6.07) is -0.813. The number of hydrogen-bond acceptors (Lipinski definition) is 5. The van der Waals surface area contributed by atoms with Gasteiger partial charge in [-0.3, -0.25) is 24.0 Å². The Morgan fingerprint density at radius 2 is 1.17 bits per heavy atom. The van der Waals surface area contributed by atoms with Gasteiger partial charge in [0.05, 0.1) is 26.2 Å². The Kier molecular flexibility index (Phi) is 7.66. The lowest BCUT2D eigenvalue weighted by molar-refractivity contribution is -0.131. The van der Waals surface area contributed by atoms with Gasteiger partial charge >= 0.3 is 0 Å². The normalized spacial score (nSPS) is 21.6. The maximum Gasteiger partial charge on any atom is 0.243 e. The third kappa shape index (κ3) is 7.56. The molecule has 0 bridgehead atoms. The highest BCUT2D eigenvalue weighted by Crippen LogP contribution is 2.04. The van der Waals surface area contributed by atoms with Gasteiger partial charge in [0.2, 0.25) is 29.5 Å². The Balaban J connectivity index is 2.78. The summed E-state index contributed by atoms with van der Waals surface area (Å²) in [5.41, 5.74) is 0. The van der Waals surface area contributed by atoms with E-state index in [2.05, 4.69) is 26.6 Å². The van der Waals surface area contributed by atoms with Gasteiger partial charge in [0, 0.05) is 0 Å². The maximum absolute atomic E-state index is 12.1. The Morgan fingerprint density at radius 1 is 0.750 bits per heavy atom. The van der Waals surface area contributed by atoms with Gasteiger partial charge in [-0.05, 0) is 12.3 Å². The molecule has 0 aromatic carbocycles. The SMILES string of the molecule is CC(C)C[C@@H]1NC(=O)CNC(=O)CNC(=O)CNC(=O)CNC1=O. The maximum atomic E-state index is 12.1. The summed E-state index contributed by atoms with van der Waals surface area (Å²) in [5.74, 6) is -2.56. The fourth-order valence-corrected chi connectivity index (χ4v) is 1.96.